The zero-order valence-electron chi connectivity index (χ0n) is 16.0. The van der Waals surface area contributed by atoms with E-state index in [1.165, 1.54) is 103 Å². The Balaban J connectivity index is 3.13. The Morgan fingerprint density at radius 2 is 0.909 bits per heavy atom. The summed E-state index contributed by atoms with van der Waals surface area (Å²) in [6.07, 6.45) is 22.2. The first-order valence-corrected chi connectivity index (χ1v) is 10.4. The molecular weight excluding hydrogens is 266 g/mol. The second-order valence-electron chi connectivity index (χ2n) is 7.76. The minimum Gasteiger partial charge on any atom is -0.328 e. The lowest BCUT2D eigenvalue weighted by atomic mass is 9.99. The lowest BCUT2D eigenvalue weighted by Gasteiger charge is -2.11. The lowest BCUT2D eigenvalue weighted by molar-refractivity contribution is 0.469. The van der Waals surface area contributed by atoms with Crippen molar-refractivity contribution in [3.63, 3.8) is 0 Å². The van der Waals surface area contributed by atoms with Gasteiger partial charge in [-0.2, -0.15) is 0 Å². The maximum Gasteiger partial charge on any atom is 0.00388 e. The molecule has 0 saturated carbocycles. The highest BCUT2D eigenvalue weighted by Gasteiger charge is 2.02. The smallest absolute Gasteiger partial charge is 0.00388 e. The predicted octanol–water partition coefficient (Wildman–Crippen LogP) is 7.23. The van der Waals surface area contributed by atoms with Crippen molar-refractivity contribution < 1.29 is 0 Å². The quantitative estimate of drug-likeness (QED) is 0.282. The van der Waals surface area contributed by atoms with Gasteiger partial charge in [0, 0.05) is 6.04 Å². The number of nitrogens with two attached hydrogens (primary N) is 1. The number of unbranched alkanes of at least 4 members (excludes halogenated alkanes) is 11. The number of hydrogen-bond donors (Lipinski definition) is 1. The van der Waals surface area contributed by atoms with Crippen LogP contribution in [-0.2, 0) is 0 Å². The summed E-state index contributed by atoms with van der Waals surface area (Å²) in [5, 5.41) is 0. The van der Waals surface area contributed by atoms with Crippen LogP contribution in [-0.4, -0.2) is 6.04 Å². The molecule has 0 aromatic heterocycles. The molecule has 0 aliphatic carbocycles. The van der Waals surface area contributed by atoms with Crippen molar-refractivity contribution in [1.29, 1.82) is 0 Å². The van der Waals surface area contributed by atoms with Gasteiger partial charge in [-0.15, -0.1) is 0 Å². The van der Waals surface area contributed by atoms with E-state index in [-0.39, 0.29) is 0 Å². The Hall–Kier alpha value is -0.0400. The Labute approximate surface area is 141 Å². The van der Waals surface area contributed by atoms with Crippen LogP contribution in [0.1, 0.15) is 124 Å². The molecule has 1 unspecified atom stereocenters. The third-order valence-electron chi connectivity index (χ3n) is 4.78. The first kappa shape index (κ1) is 22.0. The van der Waals surface area contributed by atoms with E-state index in [1.54, 1.807) is 0 Å². The van der Waals surface area contributed by atoms with Crippen molar-refractivity contribution in [1.82, 2.24) is 0 Å². The molecule has 0 saturated heterocycles. The van der Waals surface area contributed by atoms with Crippen molar-refractivity contribution >= 4 is 0 Å². The first-order valence-electron chi connectivity index (χ1n) is 10.4. The summed E-state index contributed by atoms with van der Waals surface area (Å²) in [7, 11) is 0. The van der Waals surface area contributed by atoms with E-state index in [1.807, 2.05) is 0 Å². The fourth-order valence-corrected chi connectivity index (χ4v) is 3.17. The molecule has 0 rings (SSSR count). The zero-order valence-corrected chi connectivity index (χ0v) is 16.0. The lowest BCUT2D eigenvalue weighted by Crippen LogP contribution is -2.19. The molecule has 1 atom stereocenters. The van der Waals surface area contributed by atoms with E-state index in [4.69, 9.17) is 5.73 Å². The van der Waals surface area contributed by atoms with Crippen LogP contribution in [0.25, 0.3) is 0 Å². The van der Waals surface area contributed by atoms with E-state index < -0.39 is 0 Å². The highest BCUT2D eigenvalue weighted by atomic mass is 14.6. The topological polar surface area (TPSA) is 26.0 Å². The molecule has 1 nitrogen and oxygen atoms in total. The summed E-state index contributed by atoms with van der Waals surface area (Å²) in [6, 6.07) is 0.466. The van der Waals surface area contributed by atoms with Crippen LogP contribution in [0.5, 0.6) is 0 Å². The standard InChI is InChI=1S/C21H45N/c1-4-5-6-7-8-9-10-11-12-15-18-21(22)19-16-13-14-17-20(2)3/h20-21H,4-19,22H2,1-3H3. The van der Waals surface area contributed by atoms with Gasteiger partial charge in [0.25, 0.3) is 0 Å². The summed E-state index contributed by atoms with van der Waals surface area (Å²) < 4.78 is 0. The van der Waals surface area contributed by atoms with Crippen molar-refractivity contribution in [2.45, 2.75) is 130 Å². The monoisotopic (exact) mass is 311 g/mol. The summed E-state index contributed by atoms with van der Waals surface area (Å²) in [6.45, 7) is 6.92. The molecule has 0 bridgehead atoms. The van der Waals surface area contributed by atoms with Gasteiger partial charge in [-0.25, -0.2) is 0 Å². The molecule has 0 spiro atoms. The molecule has 0 aromatic carbocycles. The fraction of sp³-hybridized carbons (Fsp3) is 1.00. The molecule has 0 fully saturated rings. The largest absolute Gasteiger partial charge is 0.328 e. The average molecular weight is 312 g/mol. The molecule has 0 amide bonds. The van der Waals surface area contributed by atoms with Gasteiger partial charge in [-0.3, -0.25) is 0 Å². The van der Waals surface area contributed by atoms with Crippen LogP contribution >= 0.6 is 0 Å². The Morgan fingerprint density at radius 1 is 0.545 bits per heavy atom. The third kappa shape index (κ3) is 18.0. The van der Waals surface area contributed by atoms with Gasteiger partial charge in [0.2, 0.25) is 0 Å². The molecule has 134 valence electrons. The van der Waals surface area contributed by atoms with E-state index in [0.29, 0.717) is 6.04 Å². The van der Waals surface area contributed by atoms with Crippen molar-refractivity contribution in [2.24, 2.45) is 11.7 Å². The SMILES string of the molecule is CCCCCCCCCCCCC(N)CCCCCC(C)C. The maximum absolute atomic E-state index is 6.22. The highest BCUT2D eigenvalue weighted by Crippen LogP contribution is 2.14. The van der Waals surface area contributed by atoms with Crippen molar-refractivity contribution in [3.05, 3.63) is 0 Å². The van der Waals surface area contributed by atoms with Crippen molar-refractivity contribution in [3.8, 4) is 0 Å². The summed E-state index contributed by atoms with van der Waals surface area (Å²) in [4.78, 5) is 0. The third-order valence-corrected chi connectivity index (χ3v) is 4.78. The van der Waals surface area contributed by atoms with Gasteiger partial charge < -0.3 is 5.73 Å². The van der Waals surface area contributed by atoms with Crippen LogP contribution in [0, 0.1) is 5.92 Å². The maximum atomic E-state index is 6.22. The molecule has 0 aromatic rings. The van der Waals surface area contributed by atoms with Crippen LogP contribution < -0.4 is 5.73 Å². The van der Waals surface area contributed by atoms with E-state index in [0.717, 1.165) is 5.92 Å². The van der Waals surface area contributed by atoms with Gasteiger partial charge in [-0.1, -0.05) is 111 Å². The minimum atomic E-state index is 0.466. The Bertz CT molecular complexity index is 200. The molecule has 1 heteroatoms. The van der Waals surface area contributed by atoms with Crippen molar-refractivity contribution in [2.75, 3.05) is 0 Å². The Kier molecular flexibility index (Phi) is 17.3. The van der Waals surface area contributed by atoms with Gasteiger partial charge in [0.1, 0.15) is 0 Å². The van der Waals surface area contributed by atoms with Crippen LogP contribution in [0.4, 0.5) is 0 Å². The van der Waals surface area contributed by atoms with Gasteiger partial charge in [0.15, 0.2) is 0 Å². The summed E-state index contributed by atoms with van der Waals surface area (Å²) in [5.74, 6) is 0.861. The molecule has 2 N–H and O–H groups in total. The fourth-order valence-electron chi connectivity index (χ4n) is 3.17. The molecule has 0 aliphatic heterocycles. The zero-order chi connectivity index (χ0) is 16.5. The van der Waals surface area contributed by atoms with E-state index >= 15 is 0 Å². The first-order chi connectivity index (χ1) is 10.7. The second-order valence-corrected chi connectivity index (χ2v) is 7.76. The molecule has 0 aliphatic rings. The number of rotatable bonds is 17. The summed E-state index contributed by atoms with van der Waals surface area (Å²) >= 11 is 0. The van der Waals surface area contributed by atoms with Crippen LogP contribution in [0.3, 0.4) is 0 Å². The van der Waals surface area contributed by atoms with Crippen LogP contribution in [0.15, 0.2) is 0 Å². The molecule has 22 heavy (non-hydrogen) atoms. The van der Waals surface area contributed by atoms with Gasteiger partial charge in [0.05, 0.1) is 0 Å². The van der Waals surface area contributed by atoms with Gasteiger partial charge >= 0.3 is 0 Å². The van der Waals surface area contributed by atoms with E-state index in [9.17, 15) is 0 Å². The molecule has 0 radical (unpaired) electrons. The Morgan fingerprint density at radius 3 is 1.36 bits per heavy atom. The van der Waals surface area contributed by atoms with Gasteiger partial charge in [-0.05, 0) is 18.8 Å². The molecule has 0 heterocycles. The number of hydrogen-bond acceptors (Lipinski definition) is 1. The average Bonchev–Trinajstić information content (AvgIpc) is 2.48. The second kappa shape index (κ2) is 17.3. The normalized spacial score (nSPS) is 13.0. The highest BCUT2D eigenvalue weighted by molar-refractivity contribution is 4.62. The predicted molar refractivity (Wildman–Crippen MR) is 102 cm³/mol. The van der Waals surface area contributed by atoms with Crippen LogP contribution in [0.2, 0.25) is 0 Å². The minimum absolute atomic E-state index is 0.466. The van der Waals surface area contributed by atoms with E-state index in [2.05, 4.69) is 20.8 Å². The molecular formula is C21H45N. The summed E-state index contributed by atoms with van der Waals surface area (Å²) in [5.41, 5.74) is 6.22.